The predicted octanol–water partition coefficient (Wildman–Crippen LogP) is -1.29. The van der Waals surface area contributed by atoms with Crippen LogP contribution < -0.4 is 10.2 Å². The highest BCUT2D eigenvalue weighted by Crippen LogP contribution is 2.16. The van der Waals surface area contributed by atoms with Crippen molar-refractivity contribution in [1.29, 1.82) is 0 Å². The molecule has 1 aliphatic rings. The third-order valence-corrected chi connectivity index (χ3v) is 6.30. The second-order valence-electron chi connectivity index (χ2n) is 6.65. The molecule has 1 aromatic rings. The number of amides is 2. The average molecular weight is 368 g/mol. The molecule has 1 heterocycles. The Morgan fingerprint density at radius 1 is 1.28 bits per heavy atom. The van der Waals surface area contributed by atoms with Crippen LogP contribution in [0.5, 0.6) is 0 Å². The Bertz CT molecular complexity index is 731. The fourth-order valence-corrected chi connectivity index (χ4v) is 4.77. The molecule has 25 heavy (non-hydrogen) atoms. The van der Waals surface area contributed by atoms with Crippen LogP contribution in [0.25, 0.3) is 0 Å². The molecular weight excluding hydrogens is 342 g/mol. The van der Waals surface area contributed by atoms with Crippen LogP contribution in [0.3, 0.4) is 0 Å². The van der Waals surface area contributed by atoms with Crippen LogP contribution in [0.15, 0.2) is 24.3 Å². The molecule has 0 aliphatic carbocycles. The van der Waals surface area contributed by atoms with Gasteiger partial charge in [0.2, 0.25) is 0 Å². The molecule has 1 saturated heterocycles. The van der Waals surface area contributed by atoms with Crippen LogP contribution in [0.1, 0.15) is 22.3 Å². The lowest BCUT2D eigenvalue weighted by Crippen LogP contribution is -3.08. The Kier molecular flexibility index (Phi) is 6.18. The predicted molar refractivity (Wildman–Crippen MR) is 95.1 cm³/mol. The van der Waals surface area contributed by atoms with Crippen LogP contribution in [-0.4, -0.2) is 70.4 Å². The summed E-state index contributed by atoms with van der Waals surface area (Å²) in [5, 5.41) is 2.58. The molecule has 0 bridgehead atoms. The smallest absolute Gasteiger partial charge is 0.277 e. The van der Waals surface area contributed by atoms with Crippen LogP contribution >= 0.6 is 0 Å². The molecule has 0 aromatic heterocycles. The van der Waals surface area contributed by atoms with Crippen LogP contribution in [0.4, 0.5) is 0 Å². The van der Waals surface area contributed by atoms with Crippen molar-refractivity contribution in [2.45, 2.75) is 19.0 Å². The molecule has 7 nitrogen and oxygen atoms in total. The zero-order chi connectivity index (χ0) is 18.6. The van der Waals surface area contributed by atoms with Crippen molar-refractivity contribution in [3.05, 3.63) is 35.4 Å². The first-order chi connectivity index (χ1) is 11.7. The highest BCUT2D eigenvalue weighted by molar-refractivity contribution is 7.91. The van der Waals surface area contributed by atoms with Gasteiger partial charge in [-0.2, -0.15) is 0 Å². The standard InChI is InChI=1S/C17H25N3O4S/c1-18-17(22)14-6-4-13(5-7-14)10-19(2)11-16(21)20(3)15-8-9-25(23,24)12-15/h4-7,15H,8-12H2,1-3H3,(H,18,22)/p+1/t15-/m1/s1. The lowest BCUT2D eigenvalue weighted by atomic mass is 10.1. The minimum atomic E-state index is -3.00. The van der Waals surface area contributed by atoms with Crippen molar-refractivity contribution in [3.8, 4) is 0 Å². The molecular formula is C17H26N3O4S+. The fraction of sp³-hybridized carbons (Fsp3) is 0.529. The number of likely N-dealkylation sites (N-methyl/N-ethyl adjacent to an activating group) is 2. The summed E-state index contributed by atoms with van der Waals surface area (Å²) in [5.41, 5.74) is 1.63. The van der Waals surface area contributed by atoms with Gasteiger partial charge in [0.15, 0.2) is 16.4 Å². The minimum Gasteiger partial charge on any atom is -0.355 e. The molecule has 1 aromatic carbocycles. The fourth-order valence-electron chi connectivity index (χ4n) is 3.00. The second kappa shape index (κ2) is 7.97. The third kappa shape index (κ3) is 5.27. The monoisotopic (exact) mass is 368 g/mol. The first-order valence-corrected chi connectivity index (χ1v) is 10.1. The quantitative estimate of drug-likeness (QED) is 0.654. The van der Waals surface area contributed by atoms with Gasteiger partial charge in [-0.25, -0.2) is 8.42 Å². The second-order valence-corrected chi connectivity index (χ2v) is 8.88. The van der Waals surface area contributed by atoms with Crippen molar-refractivity contribution >= 4 is 21.7 Å². The van der Waals surface area contributed by atoms with Crippen molar-refractivity contribution < 1.29 is 22.9 Å². The number of hydrogen-bond donors (Lipinski definition) is 2. The van der Waals surface area contributed by atoms with Gasteiger partial charge in [0.25, 0.3) is 11.8 Å². The summed E-state index contributed by atoms with van der Waals surface area (Å²) in [6.07, 6.45) is 0.518. The van der Waals surface area contributed by atoms with Gasteiger partial charge in [-0.15, -0.1) is 0 Å². The molecule has 2 rings (SSSR count). The maximum Gasteiger partial charge on any atom is 0.277 e. The van der Waals surface area contributed by atoms with Crippen LogP contribution in [0, 0.1) is 0 Å². The molecule has 8 heteroatoms. The summed E-state index contributed by atoms with van der Waals surface area (Å²) < 4.78 is 23.1. The van der Waals surface area contributed by atoms with Crippen molar-refractivity contribution in [2.24, 2.45) is 0 Å². The molecule has 0 spiro atoms. The van der Waals surface area contributed by atoms with E-state index in [1.165, 1.54) is 0 Å². The molecule has 1 aliphatic heterocycles. The van der Waals surface area contributed by atoms with E-state index in [2.05, 4.69) is 5.32 Å². The summed E-state index contributed by atoms with van der Waals surface area (Å²) in [6, 6.07) is 7.08. The van der Waals surface area contributed by atoms with Gasteiger partial charge in [0.1, 0.15) is 6.54 Å². The Labute approximate surface area is 148 Å². The van der Waals surface area contributed by atoms with E-state index in [1.807, 2.05) is 19.2 Å². The SMILES string of the molecule is CNC(=O)c1ccc(C[NH+](C)CC(=O)N(C)[C@@H]2CCS(=O)(=O)C2)cc1. The number of benzene rings is 1. The maximum atomic E-state index is 12.4. The van der Waals surface area contributed by atoms with Gasteiger partial charge in [-0.05, 0) is 18.6 Å². The molecule has 0 radical (unpaired) electrons. The Hall–Kier alpha value is -1.93. The summed E-state index contributed by atoms with van der Waals surface area (Å²) >= 11 is 0. The highest BCUT2D eigenvalue weighted by atomic mass is 32.2. The summed E-state index contributed by atoms with van der Waals surface area (Å²) in [4.78, 5) is 26.5. The molecule has 2 amide bonds. The summed E-state index contributed by atoms with van der Waals surface area (Å²) in [5.74, 6) is 0.0439. The van der Waals surface area contributed by atoms with E-state index < -0.39 is 9.84 Å². The molecule has 2 N–H and O–H groups in total. The van der Waals surface area contributed by atoms with E-state index >= 15 is 0 Å². The van der Waals surface area contributed by atoms with Crippen molar-refractivity contribution in [3.63, 3.8) is 0 Å². The van der Waals surface area contributed by atoms with E-state index in [4.69, 9.17) is 0 Å². The Morgan fingerprint density at radius 2 is 1.92 bits per heavy atom. The third-order valence-electron chi connectivity index (χ3n) is 4.55. The summed E-state index contributed by atoms with van der Waals surface area (Å²) in [7, 11) is 2.19. The number of rotatable bonds is 6. The van der Waals surface area contributed by atoms with Gasteiger partial charge in [0.05, 0.1) is 18.6 Å². The minimum absolute atomic E-state index is 0.0541. The van der Waals surface area contributed by atoms with Crippen molar-refractivity contribution in [1.82, 2.24) is 10.2 Å². The first kappa shape index (κ1) is 19.4. The number of nitrogens with zero attached hydrogens (tertiary/aromatic N) is 1. The van der Waals surface area contributed by atoms with E-state index in [0.717, 1.165) is 10.5 Å². The van der Waals surface area contributed by atoms with Crippen molar-refractivity contribution in [2.75, 3.05) is 39.2 Å². The molecule has 1 fully saturated rings. The first-order valence-electron chi connectivity index (χ1n) is 8.30. The van der Waals surface area contributed by atoms with Gasteiger partial charge in [-0.3, -0.25) is 9.59 Å². The zero-order valence-corrected chi connectivity index (χ0v) is 15.7. The van der Waals surface area contributed by atoms with Gasteiger partial charge in [0, 0.05) is 31.3 Å². The van der Waals surface area contributed by atoms with E-state index in [1.54, 1.807) is 31.1 Å². The van der Waals surface area contributed by atoms with Gasteiger partial charge < -0.3 is 15.1 Å². The summed E-state index contributed by atoms with van der Waals surface area (Å²) in [6.45, 7) is 0.945. The zero-order valence-electron chi connectivity index (χ0n) is 14.9. The number of nitrogens with one attached hydrogen (secondary N) is 2. The van der Waals surface area contributed by atoms with Gasteiger partial charge in [-0.1, -0.05) is 12.1 Å². The van der Waals surface area contributed by atoms with Crippen LogP contribution in [-0.2, 0) is 21.2 Å². The lowest BCUT2D eigenvalue weighted by molar-refractivity contribution is -0.885. The van der Waals surface area contributed by atoms with E-state index in [0.29, 0.717) is 25.1 Å². The highest BCUT2D eigenvalue weighted by Gasteiger charge is 2.33. The normalized spacial score (nSPS) is 20.0. The number of quaternary nitrogens is 1. The molecule has 1 unspecified atom stereocenters. The number of carbonyl (C=O) groups is 2. The van der Waals surface area contributed by atoms with Crippen LogP contribution in [0.2, 0.25) is 0 Å². The Balaban J connectivity index is 1.88. The number of carbonyl (C=O) groups excluding carboxylic acids is 2. The molecule has 0 saturated carbocycles. The van der Waals surface area contributed by atoms with E-state index in [9.17, 15) is 18.0 Å². The van der Waals surface area contributed by atoms with E-state index in [-0.39, 0.29) is 29.4 Å². The topological polar surface area (TPSA) is 88.0 Å². The molecule has 2 atom stereocenters. The average Bonchev–Trinajstić information content (AvgIpc) is 2.93. The maximum absolute atomic E-state index is 12.4. The lowest BCUT2D eigenvalue weighted by Gasteiger charge is -2.24. The number of hydrogen-bond acceptors (Lipinski definition) is 4. The van der Waals surface area contributed by atoms with Gasteiger partial charge >= 0.3 is 0 Å². The Morgan fingerprint density at radius 3 is 2.44 bits per heavy atom. The number of sulfone groups is 1. The largest absolute Gasteiger partial charge is 0.355 e. The molecule has 138 valence electrons.